The van der Waals surface area contributed by atoms with E-state index in [1.54, 1.807) is 50.6 Å². The first-order valence-corrected chi connectivity index (χ1v) is 10.8. The maximum absolute atomic E-state index is 13.6. The number of methoxy groups -OCH3 is 2. The third-order valence-corrected chi connectivity index (χ3v) is 6.77. The van der Waals surface area contributed by atoms with Crippen molar-refractivity contribution in [1.82, 2.24) is 0 Å². The molecule has 29 heavy (non-hydrogen) atoms. The van der Waals surface area contributed by atoms with Gasteiger partial charge in [0.2, 0.25) is 0 Å². The van der Waals surface area contributed by atoms with Gasteiger partial charge in [0.1, 0.15) is 11.5 Å². The standard InChI is InChI=1S/C22H22ClNO4S/c1-16(17-6-4-8-20(14-17)27-2)24(19-7-5-9-21(15-19)28-3)29(25,26)22-12-10-18(23)11-13-22/h4-16H,1-3H3/t16-/m1/s1. The first kappa shape index (κ1) is 21.0. The van der Waals surface area contributed by atoms with Gasteiger partial charge in [0.25, 0.3) is 10.0 Å². The lowest BCUT2D eigenvalue weighted by molar-refractivity contribution is 0.413. The molecule has 0 N–H and O–H groups in total. The fourth-order valence-corrected chi connectivity index (χ4v) is 4.84. The topological polar surface area (TPSA) is 55.8 Å². The van der Waals surface area contributed by atoms with Crippen LogP contribution < -0.4 is 13.8 Å². The number of anilines is 1. The summed E-state index contributed by atoms with van der Waals surface area (Å²) in [5.41, 5.74) is 1.29. The van der Waals surface area contributed by atoms with Crippen molar-refractivity contribution >= 4 is 27.3 Å². The molecule has 0 saturated carbocycles. The molecule has 0 aliphatic rings. The highest BCUT2D eigenvalue weighted by Crippen LogP contribution is 2.36. The molecule has 0 heterocycles. The van der Waals surface area contributed by atoms with E-state index in [-0.39, 0.29) is 4.90 Å². The van der Waals surface area contributed by atoms with Crippen LogP contribution >= 0.6 is 11.6 Å². The van der Waals surface area contributed by atoms with Gasteiger partial charge in [-0.3, -0.25) is 4.31 Å². The highest BCUT2D eigenvalue weighted by molar-refractivity contribution is 7.92. The minimum atomic E-state index is -3.88. The van der Waals surface area contributed by atoms with Gasteiger partial charge < -0.3 is 9.47 Å². The normalized spacial score (nSPS) is 12.3. The van der Waals surface area contributed by atoms with Gasteiger partial charge in [-0.25, -0.2) is 8.42 Å². The maximum Gasteiger partial charge on any atom is 0.264 e. The van der Waals surface area contributed by atoms with Crippen molar-refractivity contribution < 1.29 is 17.9 Å². The molecule has 0 aliphatic heterocycles. The molecular formula is C22H22ClNO4S. The molecule has 0 amide bonds. The molecule has 152 valence electrons. The van der Waals surface area contributed by atoms with E-state index in [1.807, 2.05) is 31.2 Å². The molecule has 3 aromatic carbocycles. The number of hydrogen-bond donors (Lipinski definition) is 0. The van der Waals surface area contributed by atoms with Crippen LogP contribution in [-0.4, -0.2) is 22.6 Å². The van der Waals surface area contributed by atoms with E-state index in [0.717, 1.165) is 5.56 Å². The molecule has 0 aliphatic carbocycles. The fourth-order valence-electron chi connectivity index (χ4n) is 3.08. The second-order valence-corrected chi connectivity index (χ2v) is 8.66. The predicted octanol–water partition coefficient (Wildman–Crippen LogP) is 5.31. The Morgan fingerprint density at radius 2 is 1.45 bits per heavy atom. The van der Waals surface area contributed by atoms with Gasteiger partial charge in [-0.2, -0.15) is 0 Å². The van der Waals surface area contributed by atoms with Gasteiger partial charge in [-0.1, -0.05) is 29.8 Å². The van der Waals surface area contributed by atoms with Crippen molar-refractivity contribution in [2.75, 3.05) is 18.5 Å². The van der Waals surface area contributed by atoms with Crippen molar-refractivity contribution in [3.8, 4) is 11.5 Å². The Morgan fingerprint density at radius 3 is 2.07 bits per heavy atom. The first-order valence-electron chi connectivity index (χ1n) is 8.95. The van der Waals surface area contributed by atoms with Crippen molar-refractivity contribution in [3.63, 3.8) is 0 Å². The summed E-state index contributed by atoms with van der Waals surface area (Å²) in [7, 11) is -0.763. The quantitative estimate of drug-likeness (QED) is 0.508. The zero-order valence-corrected chi connectivity index (χ0v) is 17.9. The minimum absolute atomic E-state index is 0.152. The molecule has 0 spiro atoms. The van der Waals surface area contributed by atoms with Crippen molar-refractivity contribution in [2.24, 2.45) is 0 Å². The van der Waals surface area contributed by atoms with Crippen LogP contribution in [0.1, 0.15) is 18.5 Å². The summed E-state index contributed by atoms with van der Waals surface area (Å²) in [5, 5.41) is 0.470. The molecule has 5 nitrogen and oxygen atoms in total. The molecule has 7 heteroatoms. The SMILES string of the molecule is COc1cccc([C@@H](C)N(c2cccc(OC)c2)S(=O)(=O)c2ccc(Cl)cc2)c1. The lowest BCUT2D eigenvalue weighted by Gasteiger charge is -2.31. The van der Waals surface area contributed by atoms with E-state index in [9.17, 15) is 8.42 Å². The summed E-state index contributed by atoms with van der Waals surface area (Å²) in [5.74, 6) is 1.22. The van der Waals surface area contributed by atoms with Crippen molar-refractivity contribution in [1.29, 1.82) is 0 Å². The fraction of sp³-hybridized carbons (Fsp3) is 0.182. The van der Waals surface area contributed by atoms with Crippen LogP contribution in [0.25, 0.3) is 0 Å². The molecule has 0 radical (unpaired) electrons. The molecule has 0 bridgehead atoms. The Bertz CT molecular complexity index is 1080. The second-order valence-electron chi connectivity index (χ2n) is 6.41. The minimum Gasteiger partial charge on any atom is -0.497 e. The van der Waals surface area contributed by atoms with Gasteiger partial charge in [-0.15, -0.1) is 0 Å². The zero-order valence-electron chi connectivity index (χ0n) is 16.4. The Hall–Kier alpha value is -2.70. The second kappa shape index (κ2) is 8.76. The Morgan fingerprint density at radius 1 is 0.862 bits per heavy atom. The number of rotatable bonds is 7. The molecule has 3 aromatic rings. The highest BCUT2D eigenvalue weighted by Gasteiger charge is 2.31. The van der Waals surface area contributed by atoms with Gasteiger partial charge in [0, 0.05) is 11.1 Å². The summed E-state index contributed by atoms with van der Waals surface area (Å²) >= 11 is 5.95. The third kappa shape index (κ3) is 4.49. The molecular weight excluding hydrogens is 410 g/mol. The van der Waals surface area contributed by atoms with E-state index in [0.29, 0.717) is 22.2 Å². The summed E-state index contributed by atoms with van der Waals surface area (Å²) in [4.78, 5) is 0.152. The number of benzene rings is 3. The summed E-state index contributed by atoms with van der Waals surface area (Å²) in [6.07, 6.45) is 0. The van der Waals surface area contributed by atoms with E-state index in [4.69, 9.17) is 21.1 Å². The van der Waals surface area contributed by atoms with Crippen LogP contribution in [0.4, 0.5) is 5.69 Å². The van der Waals surface area contributed by atoms with Crippen molar-refractivity contribution in [3.05, 3.63) is 83.4 Å². The molecule has 1 atom stereocenters. The Labute approximate surface area is 176 Å². The maximum atomic E-state index is 13.6. The van der Waals surface area contributed by atoms with Crippen LogP contribution in [0.3, 0.4) is 0 Å². The summed E-state index contributed by atoms with van der Waals surface area (Å²) in [6, 6.07) is 20.0. The van der Waals surface area contributed by atoms with E-state index < -0.39 is 16.1 Å². The summed E-state index contributed by atoms with van der Waals surface area (Å²) in [6.45, 7) is 1.84. The smallest absolute Gasteiger partial charge is 0.264 e. The molecule has 0 fully saturated rings. The zero-order chi connectivity index (χ0) is 21.0. The van der Waals surface area contributed by atoms with Crippen LogP contribution in [-0.2, 0) is 10.0 Å². The predicted molar refractivity (Wildman–Crippen MR) is 116 cm³/mol. The first-order chi connectivity index (χ1) is 13.9. The average Bonchev–Trinajstić information content (AvgIpc) is 2.74. The molecule has 0 unspecified atom stereocenters. The summed E-state index contributed by atoms with van der Waals surface area (Å²) < 4.78 is 39.2. The van der Waals surface area contributed by atoms with Crippen LogP contribution in [0, 0.1) is 0 Å². The van der Waals surface area contributed by atoms with Crippen molar-refractivity contribution in [2.45, 2.75) is 17.9 Å². The lowest BCUT2D eigenvalue weighted by Crippen LogP contribution is -2.33. The molecule has 0 saturated heterocycles. The number of nitrogens with zero attached hydrogens (tertiary/aromatic N) is 1. The number of halogens is 1. The van der Waals surface area contributed by atoms with E-state index >= 15 is 0 Å². The van der Waals surface area contributed by atoms with E-state index in [1.165, 1.54) is 16.4 Å². The Kier molecular flexibility index (Phi) is 6.35. The van der Waals surface area contributed by atoms with Gasteiger partial charge >= 0.3 is 0 Å². The number of ether oxygens (including phenoxy) is 2. The van der Waals surface area contributed by atoms with E-state index in [2.05, 4.69) is 0 Å². The number of sulfonamides is 1. The molecule has 3 rings (SSSR count). The highest BCUT2D eigenvalue weighted by atomic mass is 35.5. The van der Waals surface area contributed by atoms with Crippen LogP contribution in [0.15, 0.2) is 77.7 Å². The van der Waals surface area contributed by atoms with Gasteiger partial charge in [0.05, 0.1) is 30.8 Å². The van der Waals surface area contributed by atoms with Crippen LogP contribution in [0.5, 0.6) is 11.5 Å². The number of hydrogen-bond acceptors (Lipinski definition) is 4. The van der Waals surface area contributed by atoms with Crippen LogP contribution in [0.2, 0.25) is 5.02 Å². The third-order valence-electron chi connectivity index (χ3n) is 4.61. The monoisotopic (exact) mass is 431 g/mol. The Balaban J connectivity index is 2.16. The average molecular weight is 432 g/mol. The lowest BCUT2D eigenvalue weighted by atomic mass is 10.1. The van der Waals surface area contributed by atoms with Gasteiger partial charge in [0.15, 0.2) is 0 Å². The van der Waals surface area contributed by atoms with Gasteiger partial charge in [-0.05, 0) is 61.0 Å². The molecule has 0 aromatic heterocycles. The largest absolute Gasteiger partial charge is 0.497 e.